The summed E-state index contributed by atoms with van der Waals surface area (Å²) in [5.74, 6) is 0. The Bertz CT molecular complexity index is 4080. The second-order valence-electron chi connectivity index (χ2n) is 19.7. The third kappa shape index (κ3) is 6.48. The van der Waals surface area contributed by atoms with E-state index in [4.69, 9.17) is 9.40 Å². The highest BCUT2D eigenvalue weighted by Crippen LogP contribution is 2.65. The zero-order valence-electron chi connectivity index (χ0n) is 40.3. The van der Waals surface area contributed by atoms with Gasteiger partial charge in [-0.15, -0.1) is 0 Å². The van der Waals surface area contributed by atoms with E-state index in [-0.39, 0.29) is 0 Å². The van der Waals surface area contributed by atoms with Gasteiger partial charge in [0.25, 0.3) is 0 Å². The number of fused-ring (bicyclic) bond motifs is 14. The van der Waals surface area contributed by atoms with Crippen LogP contribution in [0.2, 0.25) is 0 Å². The lowest BCUT2D eigenvalue weighted by atomic mass is 9.70. The van der Waals surface area contributed by atoms with E-state index in [0.717, 1.165) is 100 Å². The third-order valence-electron chi connectivity index (χ3n) is 15.6. The highest BCUT2D eigenvalue weighted by atomic mass is 16.3. The SMILES string of the molecule is c1ccc(-c2cc(-c3ccccc3)cc(-c3cc(-c4cccc5c4-c4ccccc4C54c5ccccc5-c5c4ccc4c5oc5ccccc54)cc(-c4cc(-c5ccccc5)cc(-c5ccccc5)c4)n3)c2)cc1. The van der Waals surface area contributed by atoms with E-state index in [0.29, 0.717) is 0 Å². The van der Waals surface area contributed by atoms with Crippen molar-refractivity contribution in [2.45, 2.75) is 5.41 Å². The van der Waals surface area contributed by atoms with Crippen molar-refractivity contribution in [1.29, 1.82) is 0 Å². The van der Waals surface area contributed by atoms with Crippen LogP contribution in [0.5, 0.6) is 0 Å². The van der Waals surface area contributed by atoms with Gasteiger partial charge in [0.05, 0.1) is 16.8 Å². The molecular weight excluding hydrogens is 895 g/mol. The molecule has 0 radical (unpaired) electrons. The van der Waals surface area contributed by atoms with E-state index in [2.05, 4.69) is 273 Å². The van der Waals surface area contributed by atoms with Crippen molar-refractivity contribution < 1.29 is 4.42 Å². The number of benzene rings is 11. The number of rotatable bonds is 7. The number of nitrogens with zero attached hydrogens (tertiary/aromatic N) is 1. The number of hydrogen-bond acceptors (Lipinski definition) is 2. The maximum absolute atomic E-state index is 6.87. The molecule has 1 unspecified atom stereocenters. The van der Waals surface area contributed by atoms with Gasteiger partial charge in [-0.25, -0.2) is 4.98 Å². The van der Waals surface area contributed by atoms with Gasteiger partial charge in [0.2, 0.25) is 0 Å². The Morgan fingerprint density at radius 2 is 0.662 bits per heavy atom. The molecule has 0 amide bonds. The summed E-state index contributed by atoms with van der Waals surface area (Å²) in [7, 11) is 0. The van der Waals surface area contributed by atoms with Gasteiger partial charge in [0, 0.05) is 27.5 Å². The Hall–Kier alpha value is -9.63. The maximum Gasteiger partial charge on any atom is 0.143 e. The van der Waals surface area contributed by atoms with Crippen LogP contribution in [-0.2, 0) is 5.41 Å². The van der Waals surface area contributed by atoms with E-state index in [1.165, 1.54) is 44.5 Å². The molecule has 0 saturated heterocycles. The quantitative estimate of drug-likeness (QED) is 0.159. The molecule has 2 heteroatoms. The molecule has 1 atom stereocenters. The predicted octanol–water partition coefficient (Wildman–Crippen LogP) is 19.0. The van der Waals surface area contributed by atoms with Crippen molar-refractivity contribution in [3.63, 3.8) is 0 Å². The lowest BCUT2D eigenvalue weighted by Gasteiger charge is -2.30. The van der Waals surface area contributed by atoms with Crippen molar-refractivity contribution >= 4 is 21.9 Å². The predicted molar refractivity (Wildman–Crippen MR) is 306 cm³/mol. The van der Waals surface area contributed by atoms with E-state index >= 15 is 0 Å². The zero-order valence-corrected chi connectivity index (χ0v) is 40.3. The minimum atomic E-state index is -0.580. The molecular formula is C72H45NO. The normalized spacial score (nSPS) is 14.0. The number of pyridine rings is 1. The number of aromatic nitrogens is 1. The van der Waals surface area contributed by atoms with Crippen LogP contribution in [0.1, 0.15) is 22.3 Å². The first-order valence-corrected chi connectivity index (χ1v) is 25.5. The van der Waals surface area contributed by atoms with Crippen LogP contribution < -0.4 is 0 Å². The molecule has 2 heterocycles. The van der Waals surface area contributed by atoms with Gasteiger partial charge in [-0.1, -0.05) is 218 Å². The van der Waals surface area contributed by atoms with Crippen LogP contribution in [0.25, 0.3) is 122 Å². The summed E-state index contributed by atoms with van der Waals surface area (Å²) >= 11 is 0. The Morgan fingerprint density at radius 1 is 0.257 bits per heavy atom. The highest BCUT2D eigenvalue weighted by molar-refractivity contribution is 6.13. The van der Waals surface area contributed by atoms with Crippen LogP contribution in [0, 0.1) is 0 Å². The lowest BCUT2D eigenvalue weighted by molar-refractivity contribution is 0.669. The van der Waals surface area contributed by atoms with Crippen LogP contribution in [0.15, 0.2) is 277 Å². The Balaban J connectivity index is 1.01. The van der Waals surface area contributed by atoms with E-state index in [9.17, 15) is 0 Å². The number of para-hydroxylation sites is 1. The highest BCUT2D eigenvalue weighted by Gasteiger charge is 2.53. The second kappa shape index (κ2) is 16.7. The Kier molecular flexibility index (Phi) is 9.52. The fraction of sp³-hybridized carbons (Fsp3) is 0.0139. The molecule has 11 aromatic carbocycles. The van der Waals surface area contributed by atoms with Crippen LogP contribution in [0.3, 0.4) is 0 Å². The number of furan rings is 1. The van der Waals surface area contributed by atoms with E-state index in [1.54, 1.807) is 0 Å². The monoisotopic (exact) mass is 939 g/mol. The third-order valence-corrected chi connectivity index (χ3v) is 15.6. The lowest BCUT2D eigenvalue weighted by Crippen LogP contribution is -2.25. The molecule has 74 heavy (non-hydrogen) atoms. The zero-order chi connectivity index (χ0) is 48.7. The molecule has 2 nitrogen and oxygen atoms in total. The van der Waals surface area contributed by atoms with Crippen molar-refractivity contribution in [3.8, 4) is 100 Å². The van der Waals surface area contributed by atoms with E-state index < -0.39 is 5.41 Å². The molecule has 0 saturated carbocycles. The fourth-order valence-corrected chi connectivity index (χ4v) is 12.4. The van der Waals surface area contributed by atoms with Crippen molar-refractivity contribution in [1.82, 2.24) is 4.98 Å². The topological polar surface area (TPSA) is 26.0 Å². The molecule has 0 bridgehead atoms. The average molecular weight is 940 g/mol. The molecule has 0 fully saturated rings. The molecule has 344 valence electrons. The first-order valence-electron chi connectivity index (χ1n) is 25.5. The van der Waals surface area contributed by atoms with Gasteiger partial charge in [0.15, 0.2) is 0 Å². The first kappa shape index (κ1) is 42.1. The van der Waals surface area contributed by atoms with Crippen LogP contribution in [-0.4, -0.2) is 4.98 Å². The Morgan fingerprint density at radius 3 is 1.19 bits per heavy atom. The van der Waals surface area contributed by atoms with Gasteiger partial charge in [0.1, 0.15) is 11.2 Å². The molecule has 2 aliphatic rings. The molecule has 0 aliphatic heterocycles. The molecule has 1 spiro atoms. The molecule has 2 aliphatic carbocycles. The maximum atomic E-state index is 6.87. The minimum Gasteiger partial charge on any atom is -0.455 e. The minimum absolute atomic E-state index is 0.580. The van der Waals surface area contributed by atoms with Crippen LogP contribution >= 0.6 is 0 Å². The summed E-state index contributed by atoms with van der Waals surface area (Å²) in [5, 5.41) is 2.28. The van der Waals surface area contributed by atoms with Crippen molar-refractivity contribution in [2.24, 2.45) is 0 Å². The van der Waals surface area contributed by atoms with Crippen LogP contribution in [0.4, 0.5) is 0 Å². The largest absolute Gasteiger partial charge is 0.455 e. The summed E-state index contributed by atoms with van der Waals surface area (Å²) in [5.41, 5.74) is 26.6. The summed E-state index contributed by atoms with van der Waals surface area (Å²) in [6, 6.07) is 99.6. The second-order valence-corrected chi connectivity index (χ2v) is 19.7. The summed E-state index contributed by atoms with van der Waals surface area (Å²) in [4.78, 5) is 5.74. The molecule has 2 aromatic heterocycles. The molecule has 15 rings (SSSR count). The van der Waals surface area contributed by atoms with Gasteiger partial charge < -0.3 is 4.42 Å². The van der Waals surface area contributed by atoms with Gasteiger partial charge >= 0.3 is 0 Å². The number of hydrogen-bond donors (Lipinski definition) is 0. The fourth-order valence-electron chi connectivity index (χ4n) is 12.4. The van der Waals surface area contributed by atoms with Gasteiger partial charge in [-0.05, 0) is 149 Å². The van der Waals surface area contributed by atoms with Crippen molar-refractivity contribution in [3.05, 3.63) is 295 Å². The standard InChI is InChI=1S/C72H45NO/c1-5-20-46(21-6-1)50-38-51(47-22-7-2-8-23-47)41-55(40-50)66-44-54(45-67(73-66)56-42-52(48-24-9-3-10-25-48)39-53(43-56)49-26-11-4-12-27-49)57-31-19-34-64-69(57)60-29-13-16-32-62(60)72(64)63-33-17-14-30-61(63)70-65(72)37-36-59-58-28-15-18-35-68(58)74-71(59)70/h1-45H. The van der Waals surface area contributed by atoms with Gasteiger partial charge in [-0.2, -0.15) is 0 Å². The van der Waals surface area contributed by atoms with E-state index in [1.807, 2.05) is 0 Å². The van der Waals surface area contributed by atoms with Gasteiger partial charge in [-0.3, -0.25) is 0 Å². The summed E-state index contributed by atoms with van der Waals surface area (Å²) in [6.45, 7) is 0. The summed E-state index contributed by atoms with van der Waals surface area (Å²) < 4.78 is 6.87. The smallest absolute Gasteiger partial charge is 0.143 e. The first-order chi connectivity index (χ1) is 36.7. The van der Waals surface area contributed by atoms with Crippen molar-refractivity contribution in [2.75, 3.05) is 0 Å². The average Bonchev–Trinajstić information content (AvgIpc) is 4.22. The summed E-state index contributed by atoms with van der Waals surface area (Å²) in [6.07, 6.45) is 0. The molecule has 0 N–H and O–H groups in total. The Labute approximate surface area is 430 Å². The molecule has 13 aromatic rings.